The van der Waals surface area contributed by atoms with E-state index in [4.69, 9.17) is 0 Å². The summed E-state index contributed by atoms with van der Waals surface area (Å²) in [6.45, 7) is 4.70. The molecule has 1 aliphatic carbocycles. The first-order valence-corrected chi connectivity index (χ1v) is 11.3. The maximum Gasteiger partial charge on any atom is 0.0547 e. The molecular weight excluding hydrogens is 386 g/mol. The highest BCUT2D eigenvalue weighted by atomic mass is 15.0. The molecule has 0 fully saturated rings. The molecule has 0 atom stereocenters. The Bertz CT molecular complexity index is 1700. The highest BCUT2D eigenvalue weighted by Gasteiger charge is 2.37. The van der Waals surface area contributed by atoms with Gasteiger partial charge in [0.25, 0.3) is 0 Å². The van der Waals surface area contributed by atoms with Gasteiger partial charge >= 0.3 is 0 Å². The highest BCUT2D eigenvalue weighted by Crippen LogP contribution is 2.51. The third-order valence-corrected chi connectivity index (χ3v) is 7.37. The molecule has 1 nitrogen and oxygen atoms in total. The van der Waals surface area contributed by atoms with Crippen LogP contribution in [0.2, 0.25) is 0 Å². The predicted octanol–water partition coefficient (Wildman–Crippen LogP) is 8.24. The molecule has 0 spiro atoms. The Hall–Kier alpha value is -3.84. The molecule has 1 heterocycles. The Morgan fingerprint density at radius 2 is 1.25 bits per heavy atom. The topological polar surface area (TPSA) is 4.93 Å². The van der Waals surface area contributed by atoms with Crippen molar-refractivity contribution in [3.63, 3.8) is 0 Å². The van der Waals surface area contributed by atoms with Crippen molar-refractivity contribution in [2.75, 3.05) is 0 Å². The van der Waals surface area contributed by atoms with Crippen LogP contribution in [0, 0.1) is 0 Å². The second-order valence-electron chi connectivity index (χ2n) is 9.44. The van der Waals surface area contributed by atoms with Crippen molar-refractivity contribution in [2.45, 2.75) is 19.3 Å². The average molecular weight is 410 g/mol. The fourth-order valence-corrected chi connectivity index (χ4v) is 5.84. The minimum Gasteiger partial charge on any atom is -0.309 e. The van der Waals surface area contributed by atoms with E-state index in [1.165, 1.54) is 60.5 Å². The molecular formula is C31H23N. The van der Waals surface area contributed by atoms with Gasteiger partial charge in [-0.05, 0) is 51.7 Å². The Morgan fingerprint density at radius 3 is 2.12 bits per heavy atom. The number of para-hydroxylation sites is 1. The van der Waals surface area contributed by atoms with Crippen molar-refractivity contribution in [2.24, 2.45) is 0 Å². The van der Waals surface area contributed by atoms with Crippen molar-refractivity contribution in [1.82, 2.24) is 4.57 Å². The number of hydrogen-bond donors (Lipinski definition) is 0. The SMILES string of the molecule is CC1(C)c2ccccc2-c2c(-n3c4ccccc4c4cc5ccccc5cc43)cccc21. The number of fused-ring (bicyclic) bond motifs is 7. The number of rotatable bonds is 1. The quantitative estimate of drug-likeness (QED) is 0.258. The van der Waals surface area contributed by atoms with Gasteiger partial charge in [0, 0.05) is 21.8 Å². The van der Waals surface area contributed by atoms with Crippen LogP contribution in [0.1, 0.15) is 25.0 Å². The first-order valence-electron chi connectivity index (χ1n) is 11.3. The summed E-state index contributed by atoms with van der Waals surface area (Å²) in [5.74, 6) is 0. The van der Waals surface area contributed by atoms with Gasteiger partial charge in [0.2, 0.25) is 0 Å². The average Bonchev–Trinajstić information content (AvgIpc) is 3.27. The highest BCUT2D eigenvalue weighted by molar-refractivity contribution is 6.14. The summed E-state index contributed by atoms with van der Waals surface area (Å²) in [5, 5.41) is 5.17. The number of benzene rings is 5. The van der Waals surface area contributed by atoms with Gasteiger partial charge in [-0.1, -0.05) is 92.7 Å². The molecule has 152 valence electrons. The molecule has 0 unspecified atom stereocenters. The minimum atomic E-state index is -0.00655. The fraction of sp³-hybridized carbons (Fsp3) is 0.0968. The Kier molecular flexibility index (Phi) is 3.40. The second-order valence-corrected chi connectivity index (χ2v) is 9.44. The first kappa shape index (κ1) is 17.8. The van der Waals surface area contributed by atoms with Crippen molar-refractivity contribution in [3.05, 3.63) is 114 Å². The summed E-state index contributed by atoms with van der Waals surface area (Å²) in [4.78, 5) is 0. The van der Waals surface area contributed by atoms with Crippen LogP contribution in [-0.2, 0) is 5.41 Å². The van der Waals surface area contributed by atoms with Gasteiger partial charge in [-0.15, -0.1) is 0 Å². The van der Waals surface area contributed by atoms with Gasteiger partial charge in [-0.2, -0.15) is 0 Å². The Morgan fingerprint density at radius 1 is 0.562 bits per heavy atom. The smallest absolute Gasteiger partial charge is 0.0547 e. The zero-order valence-corrected chi connectivity index (χ0v) is 18.3. The van der Waals surface area contributed by atoms with Crippen LogP contribution in [0.3, 0.4) is 0 Å². The largest absolute Gasteiger partial charge is 0.309 e. The molecule has 0 aliphatic heterocycles. The summed E-state index contributed by atoms with van der Waals surface area (Å²) in [7, 11) is 0. The van der Waals surface area contributed by atoms with Crippen LogP contribution in [0.25, 0.3) is 49.4 Å². The molecule has 1 aliphatic rings. The van der Waals surface area contributed by atoms with Gasteiger partial charge in [0.15, 0.2) is 0 Å². The molecule has 7 rings (SSSR count). The molecule has 5 aromatic carbocycles. The van der Waals surface area contributed by atoms with Gasteiger partial charge in [0.1, 0.15) is 0 Å². The first-order chi connectivity index (χ1) is 15.6. The van der Waals surface area contributed by atoms with Gasteiger partial charge in [-0.25, -0.2) is 0 Å². The molecule has 32 heavy (non-hydrogen) atoms. The third kappa shape index (κ3) is 2.18. The molecule has 0 saturated heterocycles. The molecule has 1 aromatic heterocycles. The minimum absolute atomic E-state index is 0.00655. The lowest BCUT2D eigenvalue weighted by Gasteiger charge is -2.21. The van der Waals surface area contributed by atoms with Crippen LogP contribution in [-0.4, -0.2) is 4.57 Å². The van der Waals surface area contributed by atoms with Crippen LogP contribution < -0.4 is 0 Å². The predicted molar refractivity (Wildman–Crippen MR) is 136 cm³/mol. The van der Waals surface area contributed by atoms with Crippen molar-refractivity contribution < 1.29 is 0 Å². The standard InChI is InChI=1S/C31H23N/c1-31(2)25-14-7-5-13-23(25)30-26(31)15-9-17-28(30)32-27-16-8-6-12-22(27)24-18-20-10-3-4-11-21(20)19-29(24)32/h3-19H,1-2H3. The van der Waals surface area contributed by atoms with E-state index in [9.17, 15) is 0 Å². The lowest BCUT2D eigenvalue weighted by molar-refractivity contribution is 0.660. The molecule has 0 saturated carbocycles. The summed E-state index contributed by atoms with van der Waals surface area (Å²) in [5.41, 5.74) is 9.32. The molecule has 0 amide bonds. The van der Waals surface area contributed by atoms with Crippen LogP contribution in [0.4, 0.5) is 0 Å². The van der Waals surface area contributed by atoms with Gasteiger partial charge in [-0.3, -0.25) is 0 Å². The number of aromatic nitrogens is 1. The number of hydrogen-bond acceptors (Lipinski definition) is 0. The Labute approximate surface area is 187 Å². The molecule has 6 aromatic rings. The van der Waals surface area contributed by atoms with E-state index in [2.05, 4.69) is 122 Å². The molecule has 0 radical (unpaired) electrons. The zero-order valence-electron chi connectivity index (χ0n) is 18.3. The van der Waals surface area contributed by atoms with E-state index in [0.717, 1.165) is 0 Å². The third-order valence-electron chi connectivity index (χ3n) is 7.37. The van der Waals surface area contributed by atoms with Crippen molar-refractivity contribution in [3.8, 4) is 16.8 Å². The maximum atomic E-state index is 2.48. The monoisotopic (exact) mass is 409 g/mol. The molecule has 0 bridgehead atoms. The van der Waals surface area contributed by atoms with E-state index in [1.54, 1.807) is 0 Å². The normalized spacial score (nSPS) is 14.2. The van der Waals surface area contributed by atoms with Crippen molar-refractivity contribution in [1.29, 1.82) is 0 Å². The summed E-state index contributed by atoms with van der Waals surface area (Å²) >= 11 is 0. The summed E-state index contributed by atoms with van der Waals surface area (Å²) in [6.07, 6.45) is 0. The lowest BCUT2D eigenvalue weighted by atomic mass is 9.82. The van der Waals surface area contributed by atoms with Gasteiger partial charge in [0.05, 0.1) is 16.7 Å². The van der Waals surface area contributed by atoms with Crippen molar-refractivity contribution >= 4 is 32.6 Å². The van der Waals surface area contributed by atoms with E-state index in [1.807, 2.05) is 0 Å². The van der Waals surface area contributed by atoms with E-state index in [-0.39, 0.29) is 5.41 Å². The zero-order chi connectivity index (χ0) is 21.4. The van der Waals surface area contributed by atoms with Crippen LogP contribution in [0.5, 0.6) is 0 Å². The molecule has 1 heteroatoms. The van der Waals surface area contributed by atoms with E-state index in [0.29, 0.717) is 0 Å². The second kappa shape index (κ2) is 6.11. The Balaban J connectivity index is 1.67. The molecule has 0 N–H and O–H groups in total. The van der Waals surface area contributed by atoms with Crippen LogP contribution >= 0.6 is 0 Å². The summed E-state index contributed by atoms with van der Waals surface area (Å²) < 4.78 is 2.48. The van der Waals surface area contributed by atoms with Gasteiger partial charge < -0.3 is 4.57 Å². The fourth-order valence-electron chi connectivity index (χ4n) is 5.84. The van der Waals surface area contributed by atoms with E-state index < -0.39 is 0 Å². The lowest BCUT2D eigenvalue weighted by Crippen LogP contribution is -2.14. The number of nitrogens with zero attached hydrogens (tertiary/aromatic N) is 1. The van der Waals surface area contributed by atoms with Crippen LogP contribution in [0.15, 0.2) is 103 Å². The summed E-state index contributed by atoms with van der Waals surface area (Å²) in [6, 6.07) is 37.9. The van der Waals surface area contributed by atoms with E-state index >= 15 is 0 Å². The maximum absolute atomic E-state index is 2.48.